The fraction of sp³-hybridized carbons (Fsp3) is 0.294. The Hall–Kier alpha value is -1.96. The highest BCUT2D eigenvalue weighted by molar-refractivity contribution is 5.72. The summed E-state index contributed by atoms with van der Waals surface area (Å²) in [5.74, 6) is 0.949. The third-order valence-electron chi connectivity index (χ3n) is 3.46. The van der Waals surface area contributed by atoms with Crippen LogP contribution in [0.1, 0.15) is 13.8 Å². The number of fused-ring (bicyclic) bond motifs is 1. The SMILES string of the molecule is CC1(C)CNc2cc(-c3ccccc3)ccc2OC1. The van der Waals surface area contributed by atoms with Gasteiger partial charge in [0, 0.05) is 12.0 Å². The maximum absolute atomic E-state index is 5.89. The van der Waals surface area contributed by atoms with E-state index in [1.807, 2.05) is 6.07 Å². The second-order valence-electron chi connectivity index (χ2n) is 5.88. The normalized spacial score (nSPS) is 16.7. The molecule has 0 fully saturated rings. The van der Waals surface area contributed by atoms with E-state index in [0.29, 0.717) is 0 Å². The average Bonchev–Trinajstić information content (AvgIpc) is 2.59. The molecule has 1 N–H and O–H groups in total. The van der Waals surface area contributed by atoms with Gasteiger partial charge >= 0.3 is 0 Å². The van der Waals surface area contributed by atoms with Gasteiger partial charge in [-0.1, -0.05) is 50.2 Å². The van der Waals surface area contributed by atoms with Crippen LogP contribution in [0.25, 0.3) is 11.1 Å². The van der Waals surface area contributed by atoms with Crippen molar-refractivity contribution < 1.29 is 4.74 Å². The van der Waals surface area contributed by atoms with E-state index in [9.17, 15) is 0 Å². The molecule has 2 nitrogen and oxygen atoms in total. The first-order valence-electron chi connectivity index (χ1n) is 6.70. The molecule has 19 heavy (non-hydrogen) atoms. The van der Waals surface area contributed by atoms with Crippen LogP contribution in [0.5, 0.6) is 5.75 Å². The lowest BCUT2D eigenvalue weighted by Crippen LogP contribution is -2.27. The molecule has 0 saturated heterocycles. The van der Waals surface area contributed by atoms with E-state index in [4.69, 9.17) is 4.74 Å². The quantitative estimate of drug-likeness (QED) is 0.823. The lowest BCUT2D eigenvalue weighted by molar-refractivity contribution is 0.200. The van der Waals surface area contributed by atoms with Crippen molar-refractivity contribution in [1.29, 1.82) is 0 Å². The lowest BCUT2D eigenvalue weighted by atomic mass is 9.95. The molecule has 0 amide bonds. The molecule has 0 atom stereocenters. The topological polar surface area (TPSA) is 21.3 Å². The summed E-state index contributed by atoms with van der Waals surface area (Å²) in [4.78, 5) is 0. The van der Waals surface area contributed by atoms with Gasteiger partial charge in [-0.15, -0.1) is 0 Å². The van der Waals surface area contributed by atoms with E-state index in [-0.39, 0.29) is 5.41 Å². The van der Waals surface area contributed by atoms with E-state index < -0.39 is 0 Å². The van der Waals surface area contributed by atoms with E-state index in [1.54, 1.807) is 0 Å². The van der Waals surface area contributed by atoms with E-state index in [1.165, 1.54) is 11.1 Å². The van der Waals surface area contributed by atoms with Gasteiger partial charge in [-0.25, -0.2) is 0 Å². The highest BCUT2D eigenvalue weighted by Gasteiger charge is 2.23. The third-order valence-corrected chi connectivity index (χ3v) is 3.46. The Morgan fingerprint density at radius 1 is 1.00 bits per heavy atom. The van der Waals surface area contributed by atoms with Gasteiger partial charge < -0.3 is 10.1 Å². The van der Waals surface area contributed by atoms with E-state index in [2.05, 4.69) is 61.6 Å². The fourth-order valence-corrected chi connectivity index (χ4v) is 2.26. The molecule has 0 aliphatic carbocycles. The summed E-state index contributed by atoms with van der Waals surface area (Å²) < 4.78 is 5.89. The molecule has 0 aromatic heterocycles. The molecule has 0 radical (unpaired) electrons. The maximum Gasteiger partial charge on any atom is 0.142 e. The molecule has 2 aromatic carbocycles. The highest BCUT2D eigenvalue weighted by Crippen LogP contribution is 2.34. The molecule has 2 heteroatoms. The first-order valence-corrected chi connectivity index (χ1v) is 6.70. The first kappa shape index (κ1) is 12.1. The Kier molecular flexibility index (Phi) is 2.94. The number of anilines is 1. The number of hydrogen-bond donors (Lipinski definition) is 1. The van der Waals surface area contributed by atoms with Crippen molar-refractivity contribution in [2.75, 3.05) is 18.5 Å². The Morgan fingerprint density at radius 3 is 2.58 bits per heavy atom. The molecule has 0 saturated carbocycles. The second kappa shape index (κ2) is 4.61. The van der Waals surface area contributed by atoms with Gasteiger partial charge in [0.2, 0.25) is 0 Å². The first-order chi connectivity index (χ1) is 9.14. The molecule has 1 aliphatic rings. The van der Waals surface area contributed by atoms with Gasteiger partial charge in [-0.05, 0) is 23.3 Å². The summed E-state index contributed by atoms with van der Waals surface area (Å²) in [6.45, 7) is 6.10. The van der Waals surface area contributed by atoms with Crippen LogP contribution in [-0.2, 0) is 0 Å². The fourth-order valence-electron chi connectivity index (χ4n) is 2.26. The molecule has 2 aromatic rings. The lowest BCUT2D eigenvalue weighted by Gasteiger charge is -2.20. The smallest absolute Gasteiger partial charge is 0.142 e. The summed E-state index contributed by atoms with van der Waals surface area (Å²) in [5.41, 5.74) is 3.70. The molecular formula is C17H19NO. The summed E-state index contributed by atoms with van der Waals surface area (Å²) in [6, 6.07) is 16.8. The minimum atomic E-state index is 0.159. The molecule has 0 spiro atoms. The molecule has 98 valence electrons. The van der Waals surface area contributed by atoms with Crippen LogP contribution >= 0.6 is 0 Å². The van der Waals surface area contributed by atoms with Crippen molar-refractivity contribution in [2.45, 2.75) is 13.8 Å². The molecule has 1 heterocycles. The second-order valence-corrected chi connectivity index (χ2v) is 5.88. The summed E-state index contributed by atoms with van der Waals surface area (Å²) in [6.07, 6.45) is 0. The highest BCUT2D eigenvalue weighted by atomic mass is 16.5. The van der Waals surface area contributed by atoms with Crippen LogP contribution in [0.3, 0.4) is 0 Å². The summed E-state index contributed by atoms with van der Waals surface area (Å²) in [7, 11) is 0. The average molecular weight is 253 g/mol. The van der Waals surface area contributed by atoms with Gasteiger partial charge in [-0.2, -0.15) is 0 Å². The van der Waals surface area contributed by atoms with Crippen LogP contribution in [0, 0.1) is 5.41 Å². The van der Waals surface area contributed by atoms with Crippen molar-refractivity contribution in [3.63, 3.8) is 0 Å². The van der Waals surface area contributed by atoms with Crippen molar-refractivity contribution >= 4 is 5.69 Å². The van der Waals surface area contributed by atoms with Crippen molar-refractivity contribution in [1.82, 2.24) is 0 Å². The van der Waals surface area contributed by atoms with Crippen LogP contribution in [0.15, 0.2) is 48.5 Å². The molecule has 0 unspecified atom stereocenters. The summed E-state index contributed by atoms with van der Waals surface area (Å²) in [5, 5.41) is 3.50. The number of hydrogen-bond acceptors (Lipinski definition) is 2. The van der Waals surface area contributed by atoms with Gasteiger partial charge in [0.15, 0.2) is 0 Å². The van der Waals surface area contributed by atoms with Crippen LogP contribution in [0.4, 0.5) is 5.69 Å². The zero-order chi connectivity index (χ0) is 13.3. The number of benzene rings is 2. The molecule has 3 rings (SSSR count). The molecule has 0 bridgehead atoms. The Balaban J connectivity index is 1.95. The predicted molar refractivity (Wildman–Crippen MR) is 79.6 cm³/mol. The Morgan fingerprint density at radius 2 is 1.79 bits per heavy atom. The minimum absolute atomic E-state index is 0.159. The minimum Gasteiger partial charge on any atom is -0.491 e. The number of nitrogens with one attached hydrogen (secondary N) is 1. The van der Waals surface area contributed by atoms with Crippen LogP contribution < -0.4 is 10.1 Å². The zero-order valence-corrected chi connectivity index (χ0v) is 11.4. The van der Waals surface area contributed by atoms with Crippen molar-refractivity contribution in [3.8, 4) is 16.9 Å². The number of rotatable bonds is 1. The third kappa shape index (κ3) is 2.58. The van der Waals surface area contributed by atoms with Gasteiger partial charge in [0.05, 0.1) is 12.3 Å². The predicted octanol–water partition coefficient (Wildman–Crippen LogP) is 4.18. The standard InChI is InChI=1S/C17H19NO/c1-17(2)11-18-15-10-14(8-9-16(15)19-12-17)13-6-4-3-5-7-13/h3-10,18H,11-12H2,1-2H3. The molecular weight excluding hydrogens is 234 g/mol. The van der Waals surface area contributed by atoms with Gasteiger partial charge in [0.25, 0.3) is 0 Å². The maximum atomic E-state index is 5.89. The summed E-state index contributed by atoms with van der Waals surface area (Å²) >= 11 is 0. The van der Waals surface area contributed by atoms with E-state index in [0.717, 1.165) is 24.6 Å². The van der Waals surface area contributed by atoms with Gasteiger partial charge in [0.1, 0.15) is 5.75 Å². The van der Waals surface area contributed by atoms with Crippen molar-refractivity contribution in [2.24, 2.45) is 5.41 Å². The van der Waals surface area contributed by atoms with Crippen LogP contribution in [-0.4, -0.2) is 13.2 Å². The van der Waals surface area contributed by atoms with E-state index >= 15 is 0 Å². The zero-order valence-electron chi connectivity index (χ0n) is 11.4. The van der Waals surface area contributed by atoms with Gasteiger partial charge in [-0.3, -0.25) is 0 Å². The number of ether oxygens (including phenoxy) is 1. The van der Waals surface area contributed by atoms with Crippen molar-refractivity contribution in [3.05, 3.63) is 48.5 Å². The Labute approximate surface area is 114 Å². The monoisotopic (exact) mass is 253 g/mol. The van der Waals surface area contributed by atoms with Crippen LogP contribution in [0.2, 0.25) is 0 Å². The molecule has 1 aliphatic heterocycles. The Bertz CT molecular complexity index is 575. The largest absolute Gasteiger partial charge is 0.491 e.